The van der Waals surface area contributed by atoms with Crippen molar-refractivity contribution in [3.05, 3.63) is 15.8 Å². The van der Waals surface area contributed by atoms with Crippen molar-refractivity contribution in [2.45, 2.75) is 46.2 Å². The molecule has 0 fully saturated rings. The van der Waals surface area contributed by atoms with Crippen molar-refractivity contribution in [2.75, 3.05) is 11.9 Å². The van der Waals surface area contributed by atoms with Crippen LogP contribution in [0.5, 0.6) is 0 Å². The predicted molar refractivity (Wildman–Crippen MR) is 74.1 cm³/mol. The highest BCUT2D eigenvalue weighted by atomic mass is 16.6. The van der Waals surface area contributed by atoms with Crippen LogP contribution in [-0.4, -0.2) is 38.4 Å². The van der Waals surface area contributed by atoms with Gasteiger partial charge in [0.15, 0.2) is 0 Å². The summed E-state index contributed by atoms with van der Waals surface area (Å²) in [6.45, 7) is 8.20. The van der Waals surface area contributed by atoms with Crippen molar-refractivity contribution < 1.29 is 14.8 Å². The normalized spacial score (nSPS) is 11.8. The molecule has 1 N–H and O–H groups in total. The van der Waals surface area contributed by atoms with Crippen LogP contribution in [0.3, 0.4) is 0 Å². The molecule has 0 aliphatic heterocycles. The molecule has 1 heterocycles. The number of likely N-dealkylation sites (N-methyl/N-ethyl adjacent to an activating group) is 1. The summed E-state index contributed by atoms with van der Waals surface area (Å²) in [6, 6.07) is -0.121. The second-order valence-electron chi connectivity index (χ2n) is 5.48. The van der Waals surface area contributed by atoms with E-state index in [-0.39, 0.29) is 23.2 Å². The molecule has 0 spiro atoms. The molecule has 8 nitrogen and oxygen atoms in total. The number of anilines is 1. The Morgan fingerprint density at radius 1 is 1.50 bits per heavy atom. The van der Waals surface area contributed by atoms with Gasteiger partial charge in [-0.05, 0) is 34.6 Å². The van der Waals surface area contributed by atoms with Gasteiger partial charge in [-0.25, -0.2) is 9.48 Å². The number of aliphatic carboxylic acids is 1. The number of nitro groups is 1. The van der Waals surface area contributed by atoms with Gasteiger partial charge in [0.1, 0.15) is 11.2 Å². The van der Waals surface area contributed by atoms with Crippen molar-refractivity contribution in [3.63, 3.8) is 0 Å². The number of carboxylic acid groups (broad SMARTS) is 1. The van der Waals surface area contributed by atoms with Gasteiger partial charge in [0.05, 0.1) is 4.92 Å². The van der Waals surface area contributed by atoms with Gasteiger partial charge in [-0.3, -0.25) is 10.1 Å². The van der Waals surface area contributed by atoms with E-state index in [2.05, 4.69) is 5.10 Å². The minimum atomic E-state index is -1.29. The highest BCUT2D eigenvalue weighted by Crippen LogP contribution is 2.36. The molecule has 0 aliphatic carbocycles. The summed E-state index contributed by atoms with van der Waals surface area (Å²) in [6.07, 6.45) is 0. The number of nitrogens with zero attached hydrogens (tertiary/aromatic N) is 4. The molecule has 1 rings (SSSR count). The molecule has 112 valence electrons. The van der Waals surface area contributed by atoms with E-state index in [1.807, 2.05) is 13.8 Å². The van der Waals surface area contributed by atoms with E-state index in [9.17, 15) is 20.0 Å². The van der Waals surface area contributed by atoms with E-state index < -0.39 is 16.4 Å². The number of rotatable bonds is 5. The quantitative estimate of drug-likeness (QED) is 0.655. The minimum absolute atomic E-state index is 0.121. The molecule has 0 aromatic carbocycles. The van der Waals surface area contributed by atoms with Gasteiger partial charge >= 0.3 is 11.7 Å². The zero-order valence-electron chi connectivity index (χ0n) is 12.5. The van der Waals surface area contributed by atoms with E-state index in [1.54, 1.807) is 6.92 Å². The Labute approximate surface area is 117 Å². The average Bonchev–Trinajstić information content (AvgIpc) is 2.65. The third-order valence-electron chi connectivity index (χ3n) is 3.38. The van der Waals surface area contributed by atoms with Crippen LogP contribution in [0.4, 0.5) is 11.5 Å². The van der Waals surface area contributed by atoms with Crippen LogP contribution in [0.2, 0.25) is 0 Å². The maximum absolute atomic E-state index is 11.4. The molecule has 0 unspecified atom stereocenters. The molecule has 0 radical (unpaired) electrons. The Bertz CT molecular complexity index is 548. The van der Waals surface area contributed by atoms with Crippen LogP contribution in [0.1, 0.15) is 39.4 Å². The standard InChI is InChI=1S/C12H20N4O4/c1-7(2)15-10(9(16(19)20)8(3)13-15)14(6)12(4,5)11(17)18/h7H,1-6H3,(H,17,18). The largest absolute Gasteiger partial charge is 0.480 e. The van der Waals surface area contributed by atoms with E-state index in [4.69, 9.17) is 0 Å². The Hall–Kier alpha value is -2.12. The summed E-state index contributed by atoms with van der Waals surface area (Å²) in [5.74, 6) is -0.863. The second-order valence-corrected chi connectivity index (χ2v) is 5.48. The van der Waals surface area contributed by atoms with E-state index in [0.29, 0.717) is 0 Å². The molecule has 0 saturated heterocycles. The fourth-order valence-corrected chi connectivity index (χ4v) is 1.82. The Balaban J connectivity index is 3.57. The van der Waals surface area contributed by atoms with E-state index in [0.717, 1.165) is 0 Å². The third kappa shape index (κ3) is 2.45. The van der Waals surface area contributed by atoms with Gasteiger partial charge in [0.25, 0.3) is 0 Å². The van der Waals surface area contributed by atoms with Crippen LogP contribution < -0.4 is 4.90 Å². The molecule has 0 aliphatic rings. The van der Waals surface area contributed by atoms with E-state index in [1.165, 1.54) is 30.5 Å². The molecular formula is C12H20N4O4. The summed E-state index contributed by atoms with van der Waals surface area (Å²) in [4.78, 5) is 23.5. The van der Waals surface area contributed by atoms with Crippen molar-refractivity contribution in [2.24, 2.45) is 0 Å². The maximum Gasteiger partial charge on any atom is 0.333 e. The smallest absolute Gasteiger partial charge is 0.333 e. The maximum atomic E-state index is 11.4. The van der Waals surface area contributed by atoms with Crippen molar-refractivity contribution in [3.8, 4) is 0 Å². The first-order valence-electron chi connectivity index (χ1n) is 6.22. The Kier molecular flexibility index (Phi) is 4.07. The summed E-state index contributed by atoms with van der Waals surface area (Å²) in [7, 11) is 1.52. The lowest BCUT2D eigenvalue weighted by molar-refractivity contribution is -0.384. The molecular weight excluding hydrogens is 264 g/mol. The number of aryl methyl sites for hydroxylation is 1. The van der Waals surface area contributed by atoms with Gasteiger partial charge in [-0.1, -0.05) is 0 Å². The first-order valence-corrected chi connectivity index (χ1v) is 6.22. The average molecular weight is 284 g/mol. The Morgan fingerprint density at radius 2 is 2.00 bits per heavy atom. The predicted octanol–water partition coefficient (Wildman–Crippen LogP) is 1.98. The molecule has 0 atom stereocenters. The lowest BCUT2D eigenvalue weighted by Crippen LogP contribution is -2.49. The number of hydrogen-bond acceptors (Lipinski definition) is 5. The van der Waals surface area contributed by atoms with Crippen molar-refractivity contribution in [1.82, 2.24) is 9.78 Å². The molecule has 0 bridgehead atoms. The summed E-state index contributed by atoms with van der Waals surface area (Å²) in [5, 5.41) is 24.7. The summed E-state index contributed by atoms with van der Waals surface area (Å²) >= 11 is 0. The first-order chi connectivity index (χ1) is 9.01. The van der Waals surface area contributed by atoms with Crippen molar-refractivity contribution >= 4 is 17.5 Å². The highest BCUT2D eigenvalue weighted by Gasteiger charge is 2.39. The molecule has 0 amide bonds. The second kappa shape index (κ2) is 5.10. The zero-order chi connectivity index (χ0) is 15.8. The Morgan fingerprint density at radius 3 is 2.35 bits per heavy atom. The van der Waals surface area contributed by atoms with Gasteiger partial charge in [0.2, 0.25) is 5.82 Å². The molecule has 8 heteroatoms. The van der Waals surface area contributed by atoms with Gasteiger partial charge in [0, 0.05) is 13.1 Å². The highest BCUT2D eigenvalue weighted by molar-refractivity contribution is 5.83. The molecule has 20 heavy (non-hydrogen) atoms. The van der Waals surface area contributed by atoms with Crippen LogP contribution in [-0.2, 0) is 4.79 Å². The fraction of sp³-hybridized carbons (Fsp3) is 0.667. The van der Waals surface area contributed by atoms with Crippen LogP contribution >= 0.6 is 0 Å². The van der Waals surface area contributed by atoms with Crippen molar-refractivity contribution in [1.29, 1.82) is 0 Å². The van der Waals surface area contributed by atoms with Gasteiger partial charge in [-0.15, -0.1) is 0 Å². The van der Waals surface area contributed by atoms with E-state index >= 15 is 0 Å². The number of carboxylic acids is 1. The molecule has 0 saturated carbocycles. The van der Waals surface area contributed by atoms with Crippen LogP contribution in [0.25, 0.3) is 0 Å². The summed E-state index contributed by atoms with van der Waals surface area (Å²) < 4.78 is 1.48. The number of hydrogen-bond donors (Lipinski definition) is 1. The van der Waals surface area contributed by atoms with Crippen LogP contribution in [0, 0.1) is 17.0 Å². The van der Waals surface area contributed by atoms with Gasteiger partial charge in [-0.2, -0.15) is 5.10 Å². The number of carbonyl (C=O) groups is 1. The molecule has 1 aromatic heterocycles. The molecule has 1 aromatic rings. The van der Waals surface area contributed by atoms with Crippen LogP contribution in [0.15, 0.2) is 0 Å². The SMILES string of the molecule is Cc1nn(C(C)C)c(N(C)C(C)(C)C(=O)O)c1[N+](=O)[O-]. The third-order valence-corrected chi connectivity index (χ3v) is 3.38. The summed E-state index contributed by atoms with van der Waals surface area (Å²) in [5.41, 5.74) is -1.17. The lowest BCUT2D eigenvalue weighted by atomic mass is 10.0. The minimum Gasteiger partial charge on any atom is -0.480 e. The van der Waals surface area contributed by atoms with Gasteiger partial charge < -0.3 is 10.0 Å². The fourth-order valence-electron chi connectivity index (χ4n) is 1.82. The lowest BCUT2D eigenvalue weighted by Gasteiger charge is -2.33. The first kappa shape index (κ1) is 15.9. The zero-order valence-corrected chi connectivity index (χ0v) is 12.5. The topological polar surface area (TPSA) is 102 Å². The number of aromatic nitrogens is 2. The monoisotopic (exact) mass is 284 g/mol.